The topological polar surface area (TPSA) is 95.9 Å². The second-order valence-electron chi connectivity index (χ2n) is 7.87. The number of ether oxygens (including phenoxy) is 1. The Hall–Kier alpha value is -2.74. The molecular formula is C22H28N2O5S. The van der Waals surface area contributed by atoms with E-state index in [-0.39, 0.29) is 17.2 Å². The van der Waals surface area contributed by atoms with Gasteiger partial charge in [-0.05, 0) is 67.6 Å². The van der Waals surface area contributed by atoms with Gasteiger partial charge in [0.15, 0.2) is 6.10 Å². The van der Waals surface area contributed by atoms with Gasteiger partial charge in [0.1, 0.15) is 11.5 Å². The third-order valence-electron chi connectivity index (χ3n) is 5.17. The lowest BCUT2D eigenvalue weighted by molar-refractivity contribution is -0.122. The zero-order chi connectivity index (χ0) is 22.1. The lowest BCUT2D eigenvalue weighted by Gasteiger charge is -2.20. The Kier molecular flexibility index (Phi) is 6.26. The Morgan fingerprint density at radius 3 is 2.50 bits per heavy atom. The second-order valence-corrected chi connectivity index (χ2v) is 9.88. The molecule has 0 spiro atoms. The first-order valence-electron chi connectivity index (χ1n) is 10.00. The zero-order valence-corrected chi connectivity index (χ0v) is 18.5. The van der Waals surface area contributed by atoms with Crippen LogP contribution in [0.25, 0.3) is 0 Å². The van der Waals surface area contributed by atoms with E-state index in [4.69, 9.17) is 4.74 Å². The highest BCUT2D eigenvalue weighted by molar-refractivity contribution is 7.93. The van der Waals surface area contributed by atoms with Crippen LogP contribution < -0.4 is 14.4 Å². The van der Waals surface area contributed by atoms with Crippen LogP contribution in [0.1, 0.15) is 44.2 Å². The fraction of sp³-hybridized carbons (Fsp3) is 0.409. The number of benzene rings is 2. The van der Waals surface area contributed by atoms with Gasteiger partial charge in [-0.15, -0.1) is 0 Å². The van der Waals surface area contributed by atoms with Crippen molar-refractivity contribution < 1.29 is 23.1 Å². The monoisotopic (exact) mass is 432 g/mol. The number of phenolic OH excluding ortho intramolecular Hbond substituents is 1. The minimum atomic E-state index is -3.35. The van der Waals surface area contributed by atoms with Gasteiger partial charge in [-0.25, -0.2) is 8.42 Å². The third kappa shape index (κ3) is 4.70. The van der Waals surface area contributed by atoms with E-state index >= 15 is 0 Å². The average Bonchev–Trinajstić information content (AvgIpc) is 3.02. The van der Waals surface area contributed by atoms with Crippen LogP contribution in [0, 0.1) is 6.92 Å². The van der Waals surface area contributed by atoms with Crippen LogP contribution in [-0.4, -0.2) is 37.8 Å². The number of anilines is 2. The first-order chi connectivity index (χ1) is 14.1. The molecule has 0 radical (unpaired) electrons. The van der Waals surface area contributed by atoms with Gasteiger partial charge in [-0.2, -0.15) is 0 Å². The Labute approximate surface area is 177 Å². The van der Waals surface area contributed by atoms with Crippen molar-refractivity contribution in [1.82, 2.24) is 0 Å². The summed E-state index contributed by atoms with van der Waals surface area (Å²) in [5, 5.41) is 12.8. The van der Waals surface area contributed by atoms with E-state index in [0.717, 1.165) is 5.56 Å². The Balaban J connectivity index is 1.72. The van der Waals surface area contributed by atoms with Gasteiger partial charge < -0.3 is 15.2 Å². The normalized spacial score (nSPS) is 16.5. The fourth-order valence-electron chi connectivity index (χ4n) is 3.57. The van der Waals surface area contributed by atoms with E-state index in [1.807, 2.05) is 25.1 Å². The zero-order valence-electron chi connectivity index (χ0n) is 17.7. The molecule has 1 unspecified atom stereocenters. The number of hydrogen-bond donors (Lipinski definition) is 2. The summed E-state index contributed by atoms with van der Waals surface area (Å²) in [5.41, 5.74) is 2.86. The summed E-state index contributed by atoms with van der Waals surface area (Å²) in [6, 6.07) is 10.1. The minimum absolute atomic E-state index is 0.0927. The molecule has 1 heterocycles. The van der Waals surface area contributed by atoms with Gasteiger partial charge in [-0.3, -0.25) is 9.10 Å². The van der Waals surface area contributed by atoms with Gasteiger partial charge in [0, 0.05) is 6.54 Å². The largest absolute Gasteiger partial charge is 0.506 e. The summed E-state index contributed by atoms with van der Waals surface area (Å²) in [4.78, 5) is 12.6. The minimum Gasteiger partial charge on any atom is -0.506 e. The number of phenols is 1. The SMILES string of the molecule is Cc1cc(OC(C)C(=O)Nc2cc(N3CCCS3(=O)=O)ccc2O)ccc1C(C)C. The van der Waals surface area contributed by atoms with Crippen molar-refractivity contribution in [2.24, 2.45) is 0 Å². The quantitative estimate of drug-likeness (QED) is 0.678. The molecule has 1 amide bonds. The van der Waals surface area contributed by atoms with Crippen molar-refractivity contribution >= 4 is 27.3 Å². The molecular weight excluding hydrogens is 404 g/mol. The molecule has 1 saturated heterocycles. The molecule has 1 aliphatic rings. The van der Waals surface area contributed by atoms with Gasteiger partial charge in [-0.1, -0.05) is 19.9 Å². The Morgan fingerprint density at radius 1 is 1.17 bits per heavy atom. The van der Waals surface area contributed by atoms with Crippen LogP contribution in [0.4, 0.5) is 11.4 Å². The number of rotatable bonds is 6. The molecule has 1 aliphatic heterocycles. The van der Waals surface area contributed by atoms with Crippen LogP contribution in [0.3, 0.4) is 0 Å². The molecule has 162 valence electrons. The molecule has 0 bridgehead atoms. The molecule has 2 aromatic rings. The number of sulfonamides is 1. The van der Waals surface area contributed by atoms with E-state index in [1.165, 1.54) is 28.1 Å². The highest BCUT2D eigenvalue weighted by atomic mass is 32.2. The predicted octanol–water partition coefficient (Wildman–Crippen LogP) is 3.77. The standard InChI is InChI=1S/C22H28N2O5S/c1-14(2)19-8-7-18(12-15(19)3)29-16(4)22(26)23-20-13-17(6-9-21(20)25)24-10-5-11-30(24,27)28/h6-9,12-14,16,25H,5,10-11H2,1-4H3,(H,23,26). The maximum Gasteiger partial charge on any atom is 0.265 e. The molecule has 1 fully saturated rings. The number of aromatic hydroxyl groups is 1. The van der Waals surface area contributed by atoms with Gasteiger partial charge in [0.25, 0.3) is 5.91 Å². The molecule has 2 aromatic carbocycles. The molecule has 0 saturated carbocycles. The van der Waals surface area contributed by atoms with Crippen LogP contribution in [0.5, 0.6) is 11.5 Å². The number of aryl methyl sites for hydroxylation is 1. The fourth-order valence-corrected chi connectivity index (χ4v) is 5.13. The molecule has 0 aromatic heterocycles. The molecule has 30 heavy (non-hydrogen) atoms. The number of hydrogen-bond acceptors (Lipinski definition) is 5. The maximum atomic E-state index is 12.6. The lowest BCUT2D eigenvalue weighted by atomic mass is 9.98. The third-order valence-corrected chi connectivity index (χ3v) is 7.04. The summed E-state index contributed by atoms with van der Waals surface area (Å²) in [6.45, 7) is 8.24. The number of nitrogens with zero attached hydrogens (tertiary/aromatic N) is 1. The molecule has 1 atom stereocenters. The second kappa shape index (κ2) is 8.55. The van der Waals surface area contributed by atoms with Crippen molar-refractivity contribution in [2.45, 2.75) is 46.1 Å². The van der Waals surface area contributed by atoms with Crippen LogP contribution in [0.2, 0.25) is 0 Å². The van der Waals surface area contributed by atoms with Crippen LogP contribution in [-0.2, 0) is 14.8 Å². The van der Waals surface area contributed by atoms with Crippen molar-refractivity contribution in [3.8, 4) is 11.5 Å². The summed E-state index contributed by atoms with van der Waals surface area (Å²) < 4.78 is 31.3. The highest BCUT2D eigenvalue weighted by Crippen LogP contribution is 2.32. The average molecular weight is 433 g/mol. The lowest BCUT2D eigenvalue weighted by Crippen LogP contribution is -2.30. The van der Waals surface area contributed by atoms with Crippen molar-refractivity contribution in [1.29, 1.82) is 0 Å². The Morgan fingerprint density at radius 2 is 1.90 bits per heavy atom. The van der Waals surface area contributed by atoms with E-state index in [0.29, 0.717) is 30.3 Å². The first-order valence-corrected chi connectivity index (χ1v) is 11.6. The van der Waals surface area contributed by atoms with Crippen molar-refractivity contribution in [3.05, 3.63) is 47.5 Å². The summed E-state index contributed by atoms with van der Waals surface area (Å²) in [5.74, 6) is 0.482. The Bertz CT molecular complexity index is 1050. The number of carbonyl (C=O) groups is 1. The summed E-state index contributed by atoms with van der Waals surface area (Å²) >= 11 is 0. The highest BCUT2D eigenvalue weighted by Gasteiger charge is 2.29. The van der Waals surface area contributed by atoms with E-state index in [9.17, 15) is 18.3 Å². The summed E-state index contributed by atoms with van der Waals surface area (Å²) in [6.07, 6.45) is -0.266. The van der Waals surface area contributed by atoms with E-state index in [1.54, 1.807) is 6.92 Å². The van der Waals surface area contributed by atoms with Crippen LogP contribution >= 0.6 is 0 Å². The first kappa shape index (κ1) is 22.0. The molecule has 7 nitrogen and oxygen atoms in total. The predicted molar refractivity (Wildman–Crippen MR) is 118 cm³/mol. The molecule has 3 rings (SSSR count). The van der Waals surface area contributed by atoms with Crippen molar-refractivity contribution in [2.75, 3.05) is 21.9 Å². The summed E-state index contributed by atoms with van der Waals surface area (Å²) in [7, 11) is -3.35. The van der Waals surface area contributed by atoms with Crippen LogP contribution in [0.15, 0.2) is 36.4 Å². The molecule has 2 N–H and O–H groups in total. The van der Waals surface area contributed by atoms with E-state index in [2.05, 4.69) is 19.2 Å². The van der Waals surface area contributed by atoms with Gasteiger partial charge in [0.05, 0.1) is 17.1 Å². The maximum absolute atomic E-state index is 12.6. The number of nitrogens with one attached hydrogen (secondary N) is 1. The number of amides is 1. The number of carbonyl (C=O) groups excluding carboxylic acids is 1. The van der Waals surface area contributed by atoms with Crippen molar-refractivity contribution in [3.63, 3.8) is 0 Å². The molecule has 8 heteroatoms. The smallest absolute Gasteiger partial charge is 0.265 e. The molecule has 0 aliphatic carbocycles. The van der Waals surface area contributed by atoms with Gasteiger partial charge in [0.2, 0.25) is 10.0 Å². The van der Waals surface area contributed by atoms with E-state index < -0.39 is 22.0 Å². The van der Waals surface area contributed by atoms with Gasteiger partial charge >= 0.3 is 0 Å².